The number of rotatable bonds is 5. The van der Waals surface area contributed by atoms with Gasteiger partial charge in [0.15, 0.2) is 0 Å². The summed E-state index contributed by atoms with van der Waals surface area (Å²) in [5, 5.41) is 21.4. The van der Waals surface area contributed by atoms with Crippen molar-refractivity contribution in [2.45, 2.75) is 30.3 Å². The minimum absolute atomic E-state index is 0.185. The summed E-state index contributed by atoms with van der Waals surface area (Å²) in [6, 6.07) is 7.47. The van der Waals surface area contributed by atoms with Crippen LogP contribution in [0.25, 0.3) is 0 Å². The highest BCUT2D eigenvalue weighted by atomic mass is 32.2. The Bertz CT molecular complexity index is 600. The van der Waals surface area contributed by atoms with E-state index in [4.69, 9.17) is 5.26 Å². The first-order valence-electron chi connectivity index (χ1n) is 6.28. The Labute approximate surface area is 122 Å². The van der Waals surface area contributed by atoms with Crippen LogP contribution >= 0.6 is 11.8 Å². The van der Waals surface area contributed by atoms with Crippen molar-refractivity contribution in [1.82, 2.24) is 10.3 Å². The molecule has 1 heterocycles. The van der Waals surface area contributed by atoms with Crippen LogP contribution in [0, 0.1) is 28.6 Å². The van der Waals surface area contributed by atoms with Gasteiger partial charge in [0.1, 0.15) is 5.54 Å². The number of pyridine rings is 1. The number of thioether (sulfide) groups is 1. The Morgan fingerprint density at radius 2 is 2.35 bits per heavy atom. The number of aromatic nitrogens is 1. The molecule has 0 aliphatic heterocycles. The highest BCUT2D eigenvalue weighted by Gasteiger charge is 2.42. The first-order valence-corrected chi connectivity index (χ1v) is 7.27. The third-order valence-corrected chi connectivity index (χ3v) is 4.17. The topological polar surface area (TPSA) is 89.6 Å². The molecule has 1 unspecified atom stereocenters. The molecule has 0 spiro atoms. The fraction of sp³-hybridized carbons (Fsp3) is 0.429. The van der Waals surface area contributed by atoms with E-state index in [9.17, 15) is 10.1 Å². The monoisotopic (exact) mass is 286 g/mol. The van der Waals surface area contributed by atoms with Gasteiger partial charge in [0.25, 0.3) is 0 Å². The van der Waals surface area contributed by atoms with Crippen LogP contribution in [0.15, 0.2) is 23.4 Å². The molecule has 1 aromatic heterocycles. The summed E-state index contributed by atoms with van der Waals surface area (Å²) in [6.07, 6.45) is 3.52. The molecular formula is C14H14N4OS. The van der Waals surface area contributed by atoms with Gasteiger partial charge in [0, 0.05) is 6.20 Å². The lowest BCUT2D eigenvalue weighted by Gasteiger charge is -2.22. The van der Waals surface area contributed by atoms with Crippen molar-refractivity contribution in [3.8, 4) is 12.1 Å². The Kier molecular flexibility index (Phi) is 4.26. The Balaban J connectivity index is 1.89. The Morgan fingerprint density at radius 3 is 2.95 bits per heavy atom. The number of carbonyl (C=O) groups is 1. The largest absolute Gasteiger partial charge is 0.337 e. The van der Waals surface area contributed by atoms with E-state index in [1.807, 2.05) is 6.07 Å². The maximum atomic E-state index is 11.9. The average Bonchev–Trinajstić information content (AvgIpc) is 3.30. The second-order valence-electron chi connectivity index (χ2n) is 4.92. The molecular weight excluding hydrogens is 272 g/mol. The third-order valence-electron chi connectivity index (χ3n) is 3.24. The second kappa shape index (κ2) is 5.94. The van der Waals surface area contributed by atoms with Gasteiger partial charge in [-0.3, -0.25) is 4.79 Å². The zero-order chi connectivity index (χ0) is 14.6. The number of nitrogens with zero attached hydrogens (tertiary/aromatic N) is 3. The van der Waals surface area contributed by atoms with Crippen molar-refractivity contribution in [2.75, 3.05) is 5.75 Å². The van der Waals surface area contributed by atoms with Crippen LogP contribution in [-0.4, -0.2) is 22.2 Å². The summed E-state index contributed by atoms with van der Waals surface area (Å²) in [5.41, 5.74) is -0.248. The normalized spacial score (nSPS) is 16.6. The second-order valence-corrected chi connectivity index (χ2v) is 5.92. The summed E-state index contributed by atoms with van der Waals surface area (Å²) in [4.78, 5) is 16.0. The molecule has 0 bridgehead atoms. The molecule has 2 rings (SSSR count). The number of amides is 1. The molecule has 1 N–H and O–H groups in total. The minimum Gasteiger partial charge on any atom is -0.337 e. The molecule has 0 saturated heterocycles. The van der Waals surface area contributed by atoms with Gasteiger partial charge in [0.2, 0.25) is 5.91 Å². The van der Waals surface area contributed by atoms with E-state index in [2.05, 4.69) is 16.4 Å². The van der Waals surface area contributed by atoms with E-state index < -0.39 is 5.54 Å². The molecule has 1 atom stereocenters. The van der Waals surface area contributed by atoms with Crippen LogP contribution in [0.5, 0.6) is 0 Å². The van der Waals surface area contributed by atoms with E-state index in [-0.39, 0.29) is 17.6 Å². The fourth-order valence-corrected chi connectivity index (χ4v) is 2.60. The summed E-state index contributed by atoms with van der Waals surface area (Å²) >= 11 is 1.26. The van der Waals surface area contributed by atoms with Crippen LogP contribution < -0.4 is 5.32 Å². The lowest BCUT2D eigenvalue weighted by atomic mass is 9.98. The van der Waals surface area contributed by atoms with Gasteiger partial charge in [-0.15, -0.1) is 0 Å². The zero-order valence-corrected chi connectivity index (χ0v) is 11.9. The molecule has 0 radical (unpaired) electrons. The highest BCUT2D eigenvalue weighted by Crippen LogP contribution is 2.39. The third kappa shape index (κ3) is 3.49. The molecule has 1 aliphatic carbocycles. The van der Waals surface area contributed by atoms with Gasteiger partial charge in [-0.05, 0) is 37.8 Å². The maximum Gasteiger partial charge on any atom is 0.231 e. The molecule has 1 fully saturated rings. The zero-order valence-electron chi connectivity index (χ0n) is 11.1. The SMILES string of the molecule is CC(C#N)(NC(=O)CSc1cc(C#N)ccn1)C1CC1. The molecule has 1 aromatic rings. The molecule has 1 amide bonds. The lowest BCUT2D eigenvalue weighted by molar-refractivity contribution is -0.119. The van der Waals surface area contributed by atoms with Crippen LogP contribution in [0.3, 0.4) is 0 Å². The first-order chi connectivity index (χ1) is 9.57. The van der Waals surface area contributed by atoms with Crippen molar-refractivity contribution < 1.29 is 4.79 Å². The van der Waals surface area contributed by atoms with Crippen LogP contribution in [0.2, 0.25) is 0 Å². The van der Waals surface area contributed by atoms with Gasteiger partial charge in [0.05, 0.1) is 28.5 Å². The molecule has 1 aliphatic rings. The fourth-order valence-electron chi connectivity index (χ4n) is 1.91. The molecule has 6 heteroatoms. The van der Waals surface area contributed by atoms with Crippen molar-refractivity contribution in [2.24, 2.45) is 5.92 Å². The molecule has 5 nitrogen and oxygen atoms in total. The average molecular weight is 286 g/mol. The molecule has 0 aromatic carbocycles. The van der Waals surface area contributed by atoms with Crippen molar-refractivity contribution in [3.63, 3.8) is 0 Å². The molecule has 102 valence electrons. The number of nitriles is 2. The highest BCUT2D eigenvalue weighted by molar-refractivity contribution is 7.99. The predicted molar refractivity (Wildman–Crippen MR) is 74.6 cm³/mol. The van der Waals surface area contributed by atoms with Crippen molar-refractivity contribution in [3.05, 3.63) is 23.9 Å². The van der Waals surface area contributed by atoms with Crippen LogP contribution in [-0.2, 0) is 4.79 Å². The van der Waals surface area contributed by atoms with Crippen molar-refractivity contribution in [1.29, 1.82) is 10.5 Å². The van der Waals surface area contributed by atoms with Gasteiger partial charge in [-0.25, -0.2) is 4.98 Å². The maximum absolute atomic E-state index is 11.9. The van der Waals surface area contributed by atoms with E-state index in [0.717, 1.165) is 12.8 Å². The number of nitrogens with one attached hydrogen (secondary N) is 1. The Morgan fingerprint density at radius 1 is 1.60 bits per heavy atom. The quantitative estimate of drug-likeness (QED) is 0.834. The number of hydrogen-bond donors (Lipinski definition) is 1. The minimum atomic E-state index is -0.764. The lowest BCUT2D eigenvalue weighted by Crippen LogP contribution is -2.47. The predicted octanol–water partition coefficient (Wildman–Crippen LogP) is 1.85. The number of carbonyl (C=O) groups excluding carboxylic acids is 1. The smallest absolute Gasteiger partial charge is 0.231 e. The first kappa shape index (κ1) is 14.4. The van der Waals surface area contributed by atoms with Crippen LogP contribution in [0.1, 0.15) is 25.3 Å². The van der Waals surface area contributed by atoms with Gasteiger partial charge >= 0.3 is 0 Å². The summed E-state index contributed by atoms with van der Waals surface area (Å²) in [6.45, 7) is 1.77. The van der Waals surface area contributed by atoms with E-state index in [0.29, 0.717) is 10.6 Å². The van der Waals surface area contributed by atoms with E-state index >= 15 is 0 Å². The standard InChI is InChI=1S/C14H14N4OS/c1-14(9-16,11-2-3-11)18-12(19)8-20-13-6-10(7-15)4-5-17-13/h4-6,11H,2-3,8H2,1H3,(H,18,19). The van der Waals surface area contributed by atoms with Gasteiger partial charge in [-0.2, -0.15) is 10.5 Å². The Hall–Kier alpha value is -2.05. The van der Waals surface area contributed by atoms with Gasteiger partial charge < -0.3 is 5.32 Å². The van der Waals surface area contributed by atoms with Crippen molar-refractivity contribution >= 4 is 17.7 Å². The number of hydrogen-bond acceptors (Lipinski definition) is 5. The summed E-state index contributed by atoms with van der Waals surface area (Å²) in [5.74, 6) is 0.267. The van der Waals surface area contributed by atoms with E-state index in [1.54, 1.807) is 25.3 Å². The molecule has 1 saturated carbocycles. The van der Waals surface area contributed by atoms with E-state index in [1.165, 1.54) is 11.8 Å². The molecule has 20 heavy (non-hydrogen) atoms. The summed E-state index contributed by atoms with van der Waals surface area (Å²) < 4.78 is 0. The van der Waals surface area contributed by atoms with Crippen LogP contribution in [0.4, 0.5) is 0 Å². The van der Waals surface area contributed by atoms with Gasteiger partial charge in [-0.1, -0.05) is 11.8 Å². The summed E-state index contributed by atoms with van der Waals surface area (Å²) in [7, 11) is 0.